The maximum Gasteiger partial charge on any atom is 0.488 e. The summed E-state index contributed by atoms with van der Waals surface area (Å²) in [7, 11) is -6.74. The van der Waals surface area contributed by atoms with E-state index in [0.717, 1.165) is 26.6 Å². The highest BCUT2D eigenvalue weighted by molar-refractivity contribution is 9.11. The summed E-state index contributed by atoms with van der Waals surface area (Å²) in [6.07, 6.45) is 21.5. The number of rotatable bonds is 11. The zero-order chi connectivity index (χ0) is 58.9. The molecule has 420 valence electrons. The average Bonchev–Trinajstić information content (AvgIpc) is 1.64. The fourth-order valence-corrected chi connectivity index (χ4v) is 23.0. The maximum absolute atomic E-state index is 8.58. The van der Waals surface area contributed by atoms with Crippen LogP contribution in [0, 0.1) is 0 Å². The minimum atomic E-state index is -2.83. The van der Waals surface area contributed by atoms with Crippen molar-refractivity contribution in [3.8, 4) is 22.3 Å². The van der Waals surface area contributed by atoms with Crippen molar-refractivity contribution in [2.24, 2.45) is 0 Å². The molecule has 13 rings (SSSR count). The summed E-state index contributed by atoms with van der Waals surface area (Å²) < 4.78 is 8.01. The molecule has 0 bridgehead atoms. The van der Waals surface area contributed by atoms with Gasteiger partial charge in [0.05, 0.1) is 0 Å². The molecule has 1 saturated heterocycles. The van der Waals surface area contributed by atoms with Gasteiger partial charge in [-0.2, -0.15) is 0 Å². The molecule has 0 radical (unpaired) electrons. The second-order valence-corrected chi connectivity index (χ2v) is 29.6. The molecule has 1 fully saturated rings. The third-order valence-corrected chi connectivity index (χ3v) is 26.6. The van der Waals surface area contributed by atoms with Crippen LogP contribution in [0.25, 0.3) is 22.3 Å². The molecule has 85 heavy (non-hydrogen) atoms. The summed E-state index contributed by atoms with van der Waals surface area (Å²) in [6, 6.07) is 86.0. The van der Waals surface area contributed by atoms with Crippen LogP contribution in [0.3, 0.4) is 0 Å². The normalized spacial score (nSPS) is 11.6. The standard InChI is InChI=1S/C34H26N2Si.C22H16Br2N2Si.C6H7BO2.C5H4BrN.C4H8O/c1-5-13-27(14-6-1)31-25-35-23-21-33(31)37(29-17-9-3-10-18-29,30-19-11-4-12-20-30)34-22-24-36-26-32(34)28-15-7-2-8-16-28;23-19-15-25-13-11-21(19)27(17-7-3-1-4-8-17,18-9-5-2-6-10-18)22-12-14-26-16-20(22)24;8-7(9)6-4-2-1-3-5-6;6-5-2-1-3-7-4-5;1-2-4-5-3-1/h1-26H;1-16H;1-5,8-9H;1-4H;1-4H2. The van der Waals surface area contributed by atoms with Gasteiger partial charge in [-0.25, -0.2) is 0 Å². The van der Waals surface area contributed by atoms with E-state index in [2.05, 4.69) is 279 Å². The van der Waals surface area contributed by atoms with E-state index in [1.807, 2.05) is 67.8 Å². The van der Waals surface area contributed by atoms with E-state index >= 15 is 0 Å². The van der Waals surface area contributed by atoms with Gasteiger partial charge in [-0.05, 0) is 155 Å². The Morgan fingerprint density at radius 2 is 0.647 bits per heavy atom. The molecule has 1 aliphatic rings. The van der Waals surface area contributed by atoms with Crippen LogP contribution in [-0.2, 0) is 4.74 Å². The first-order valence-corrected chi connectivity index (χ1v) is 34.2. The zero-order valence-electron chi connectivity index (χ0n) is 46.5. The monoisotopic (exact) mass is 1340 g/mol. The van der Waals surface area contributed by atoms with Gasteiger partial charge < -0.3 is 14.8 Å². The summed E-state index contributed by atoms with van der Waals surface area (Å²) in [5.41, 5.74) is 5.20. The van der Waals surface area contributed by atoms with Crippen molar-refractivity contribution in [1.82, 2.24) is 24.9 Å². The molecule has 0 unspecified atom stereocenters. The summed E-state index contributed by atoms with van der Waals surface area (Å²) in [5.74, 6) is 0. The van der Waals surface area contributed by atoms with E-state index in [1.54, 1.807) is 36.7 Å². The number of aromatic nitrogens is 5. The smallest absolute Gasteiger partial charge is 0.423 e. The van der Waals surface area contributed by atoms with Gasteiger partial charge in [0.2, 0.25) is 0 Å². The SMILES string of the molecule is Brc1cccnc1.Brc1cnccc1[Si](c1ccccc1)(c1ccccc1)c1ccncc1Br.C1CCOC1.OB(O)c1ccccc1.c1ccc(-c2cnccc2[Si](c2ccccc2)(c2ccccc2)c2ccncc2-c2ccccc2)cc1. The van der Waals surface area contributed by atoms with E-state index in [1.165, 1.54) is 76.6 Å². The number of nitrogens with zero attached hydrogens (tertiary/aromatic N) is 5. The van der Waals surface area contributed by atoms with E-state index in [9.17, 15) is 0 Å². The highest BCUT2D eigenvalue weighted by atomic mass is 79.9. The molecule has 0 saturated carbocycles. The predicted molar refractivity (Wildman–Crippen MR) is 366 cm³/mol. The number of hydrogen-bond acceptors (Lipinski definition) is 8. The van der Waals surface area contributed by atoms with Crippen molar-refractivity contribution in [3.63, 3.8) is 0 Å². The lowest BCUT2D eigenvalue weighted by Gasteiger charge is -2.37. The van der Waals surface area contributed by atoms with Gasteiger partial charge in [0.25, 0.3) is 0 Å². The van der Waals surface area contributed by atoms with Gasteiger partial charge in [0.15, 0.2) is 16.1 Å². The molecule has 5 aromatic heterocycles. The summed E-state index contributed by atoms with van der Waals surface area (Å²) in [4.78, 5) is 21.7. The molecule has 7 aromatic carbocycles. The number of pyridine rings is 5. The van der Waals surface area contributed by atoms with Crippen molar-refractivity contribution >= 4 is 118 Å². The van der Waals surface area contributed by atoms with Crippen LogP contribution >= 0.6 is 47.8 Å². The molecule has 8 nitrogen and oxygen atoms in total. The van der Waals surface area contributed by atoms with Crippen LogP contribution < -0.4 is 47.0 Å². The second kappa shape index (κ2) is 31.8. The molecule has 0 aliphatic carbocycles. The number of halogens is 3. The number of ether oxygens (including phenoxy) is 1. The lowest BCUT2D eigenvalue weighted by Crippen LogP contribution is -2.75. The Morgan fingerprint density at radius 1 is 0.329 bits per heavy atom. The summed E-state index contributed by atoms with van der Waals surface area (Å²) in [5, 5.41) is 27.6. The highest BCUT2D eigenvalue weighted by Gasteiger charge is 2.46. The van der Waals surface area contributed by atoms with Gasteiger partial charge in [0, 0.05) is 99.7 Å². The van der Waals surface area contributed by atoms with Gasteiger partial charge >= 0.3 is 7.12 Å². The molecule has 0 amide bonds. The summed E-state index contributed by atoms with van der Waals surface area (Å²) in [6.45, 7) is 2.00. The average molecular weight is 1340 g/mol. The molecular formula is C71H61BBr3N5O3Si2. The van der Waals surface area contributed by atoms with Gasteiger partial charge in [-0.15, -0.1) is 0 Å². The van der Waals surface area contributed by atoms with E-state index in [4.69, 9.17) is 14.8 Å². The topological polar surface area (TPSA) is 114 Å². The Balaban J connectivity index is 0.000000155. The van der Waals surface area contributed by atoms with Crippen LogP contribution in [0.15, 0.2) is 324 Å². The van der Waals surface area contributed by atoms with Crippen LogP contribution in [0.4, 0.5) is 0 Å². The second-order valence-electron chi connectivity index (χ2n) is 19.5. The van der Waals surface area contributed by atoms with Gasteiger partial charge in [0.1, 0.15) is 0 Å². The van der Waals surface area contributed by atoms with Crippen molar-refractivity contribution in [2.45, 2.75) is 12.8 Å². The Kier molecular flexibility index (Phi) is 23.1. The lowest BCUT2D eigenvalue weighted by molar-refractivity contribution is 0.198. The first-order chi connectivity index (χ1) is 41.8. The molecule has 6 heterocycles. The summed E-state index contributed by atoms with van der Waals surface area (Å²) >= 11 is 10.8. The molecule has 2 N–H and O–H groups in total. The Labute approximate surface area is 526 Å². The zero-order valence-corrected chi connectivity index (χ0v) is 53.3. The third kappa shape index (κ3) is 15.3. The first-order valence-electron chi connectivity index (χ1n) is 27.8. The van der Waals surface area contributed by atoms with Crippen LogP contribution in [0.2, 0.25) is 0 Å². The molecule has 1 aliphatic heterocycles. The minimum Gasteiger partial charge on any atom is -0.423 e. The van der Waals surface area contributed by atoms with E-state index in [-0.39, 0.29) is 0 Å². The van der Waals surface area contributed by atoms with Crippen LogP contribution in [0.1, 0.15) is 12.8 Å². The molecule has 0 atom stereocenters. The largest absolute Gasteiger partial charge is 0.488 e. The first kappa shape index (κ1) is 61.7. The Morgan fingerprint density at radius 3 is 0.929 bits per heavy atom. The molecule has 12 aromatic rings. The predicted octanol–water partition coefficient (Wildman–Crippen LogP) is 10.6. The fraction of sp³-hybridized carbons (Fsp3) is 0.0563. The van der Waals surface area contributed by atoms with Crippen LogP contribution in [0.5, 0.6) is 0 Å². The van der Waals surface area contributed by atoms with Crippen molar-refractivity contribution < 1.29 is 14.8 Å². The fourth-order valence-electron chi connectivity index (χ4n) is 10.6. The minimum absolute atomic E-state index is 0.525. The quantitative estimate of drug-likeness (QED) is 0.123. The highest BCUT2D eigenvalue weighted by Crippen LogP contribution is 2.25. The third-order valence-electron chi connectivity index (χ3n) is 14.4. The molecule has 14 heteroatoms. The molecular weight excluding hydrogens is 1280 g/mol. The Bertz CT molecular complexity index is 3680. The van der Waals surface area contributed by atoms with Crippen molar-refractivity contribution in [1.29, 1.82) is 0 Å². The number of benzene rings is 7. The van der Waals surface area contributed by atoms with Gasteiger partial charge in [-0.1, -0.05) is 212 Å². The Hall–Kier alpha value is -7.89. The maximum atomic E-state index is 8.58. The van der Waals surface area contributed by atoms with E-state index < -0.39 is 23.3 Å². The van der Waals surface area contributed by atoms with Crippen LogP contribution in [-0.4, -0.2) is 71.4 Å². The van der Waals surface area contributed by atoms with Crippen molar-refractivity contribution in [3.05, 3.63) is 324 Å². The number of hydrogen-bond donors (Lipinski definition) is 2. The van der Waals surface area contributed by atoms with Crippen molar-refractivity contribution in [2.75, 3.05) is 13.2 Å². The molecule has 0 spiro atoms. The lowest BCUT2D eigenvalue weighted by atomic mass is 9.81. The van der Waals surface area contributed by atoms with E-state index in [0.29, 0.717) is 5.46 Å². The van der Waals surface area contributed by atoms with Gasteiger partial charge in [-0.3, -0.25) is 24.9 Å².